The third-order valence-electron chi connectivity index (χ3n) is 4.63. The van der Waals surface area contributed by atoms with Gasteiger partial charge in [0.1, 0.15) is 0 Å². The second-order valence-corrected chi connectivity index (χ2v) is 7.14. The van der Waals surface area contributed by atoms with Crippen molar-refractivity contribution in [3.05, 3.63) is 78.9 Å². The molecule has 0 spiro atoms. The highest BCUT2D eigenvalue weighted by Gasteiger charge is 2.11. The van der Waals surface area contributed by atoms with Crippen LogP contribution in [0, 0.1) is 0 Å². The molecule has 0 atom stereocenters. The molecule has 114 valence electrons. The number of nitrogens with two attached hydrogens (primary N) is 1. The third kappa shape index (κ3) is 1.93. The van der Waals surface area contributed by atoms with Gasteiger partial charge in [0, 0.05) is 31.4 Å². The van der Waals surface area contributed by atoms with Crippen molar-refractivity contribution in [1.29, 1.82) is 0 Å². The molecule has 2 heteroatoms. The van der Waals surface area contributed by atoms with Gasteiger partial charge < -0.3 is 5.73 Å². The fourth-order valence-electron chi connectivity index (χ4n) is 3.49. The highest BCUT2D eigenvalue weighted by atomic mass is 32.1. The molecule has 0 aliphatic carbocycles. The molecule has 2 N–H and O–H groups in total. The summed E-state index contributed by atoms with van der Waals surface area (Å²) in [6, 6.07) is 27.8. The smallest absolute Gasteiger partial charge is 0.0400 e. The van der Waals surface area contributed by atoms with Crippen molar-refractivity contribution in [1.82, 2.24) is 0 Å². The van der Waals surface area contributed by atoms with E-state index in [0.29, 0.717) is 0 Å². The first kappa shape index (κ1) is 13.6. The van der Waals surface area contributed by atoms with E-state index in [1.807, 2.05) is 17.4 Å². The average molecular weight is 325 g/mol. The van der Waals surface area contributed by atoms with Gasteiger partial charge in [0.25, 0.3) is 0 Å². The lowest BCUT2D eigenvalue weighted by atomic mass is 9.95. The second kappa shape index (κ2) is 5.08. The Morgan fingerprint density at radius 2 is 1.38 bits per heavy atom. The molecule has 1 heterocycles. The molecule has 0 fully saturated rings. The van der Waals surface area contributed by atoms with Gasteiger partial charge in [-0.1, -0.05) is 54.6 Å². The van der Waals surface area contributed by atoms with Gasteiger partial charge in [-0.3, -0.25) is 0 Å². The summed E-state index contributed by atoms with van der Waals surface area (Å²) in [6.45, 7) is 0. The Morgan fingerprint density at radius 3 is 2.29 bits per heavy atom. The first-order valence-electron chi connectivity index (χ1n) is 8.00. The van der Waals surface area contributed by atoms with E-state index in [-0.39, 0.29) is 0 Å². The van der Waals surface area contributed by atoms with Crippen molar-refractivity contribution in [3.8, 4) is 11.1 Å². The molecule has 1 nitrogen and oxygen atoms in total. The number of hydrogen-bond donors (Lipinski definition) is 1. The summed E-state index contributed by atoms with van der Waals surface area (Å²) >= 11 is 1.84. The first-order valence-corrected chi connectivity index (χ1v) is 8.82. The van der Waals surface area contributed by atoms with E-state index in [2.05, 4.69) is 72.8 Å². The van der Waals surface area contributed by atoms with Crippen LogP contribution in [0.4, 0.5) is 5.69 Å². The SMILES string of the molecule is Nc1ccc2ccccc2c1-c1ccc2sc3ccccc3c2c1. The second-order valence-electron chi connectivity index (χ2n) is 6.06. The Balaban J connectivity index is 1.87. The van der Waals surface area contributed by atoms with Crippen LogP contribution in [0.2, 0.25) is 0 Å². The molecule has 0 aliphatic heterocycles. The quantitative estimate of drug-likeness (QED) is 0.352. The van der Waals surface area contributed by atoms with Gasteiger partial charge >= 0.3 is 0 Å². The highest BCUT2D eigenvalue weighted by molar-refractivity contribution is 7.25. The molecule has 1 aromatic heterocycles. The van der Waals surface area contributed by atoms with Gasteiger partial charge in [0.05, 0.1) is 0 Å². The Hall–Kier alpha value is -2.84. The van der Waals surface area contributed by atoms with Crippen LogP contribution in [0.1, 0.15) is 0 Å². The largest absolute Gasteiger partial charge is 0.398 e. The van der Waals surface area contributed by atoms with Gasteiger partial charge in [-0.05, 0) is 40.6 Å². The van der Waals surface area contributed by atoms with Crippen molar-refractivity contribution < 1.29 is 0 Å². The Labute approximate surface area is 144 Å². The monoisotopic (exact) mass is 325 g/mol. The molecular weight excluding hydrogens is 310 g/mol. The Bertz CT molecular complexity index is 1220. The fourth-order valence-corrected chi connectivity index (χ4v) is 4.58. The van der Waals surface area contributed by atoms with E-state index < -0.39 is 0 Å². The van der Waals surface area contributed by atoms with E-state index in [9.17, 15) is 0 Å². The molecule has 5 rings (SSSR count). The molecule has 0 unspecified atom stereocenters. The number of fused-ring (bicyclic) bond motifs is 4. The maximum absolute atomic E-state index is 6.35. The van der Waals surface area contributed by atoms with Crippen LogP contribution in [-0.4, -0.2) is 0 Å². The lowest BCUT2D eigenvalue weighted by Crippen LogP contribution is -1.91. The molecule has 5 aromatic rings. The highest BCUT2D eigenvalue weighted by Crippen LogP contribution is 2.39. The number of benzene rings is 4. The van der Waals surface area contributed by atoms with E-state index in [4.69, 9.17) is 5.73 Å². The van der Waals surface area contributed by atoms with Crippen molar-refractivity contribution in [2.75, 3.05) is 5.73 Å². The number of nitrogen functional groups attached to an aromatic ring is 1. The molecule has 0 bridgehead atoms. The summed E-state index contributed by atoms with van der Waals surface area (Å²) in [6.07, 6.45) is 0. The molecule has 0 aliphatic rings. The lowest BCUT2D eigenvalue weighted by molar-refractivity contribution is 1.68. The number of thiophene rings is 1. The predicted molar refractivity (Wildman–Crippen MR) is 107 cm³/mol. The summed E-state index contributed by atoms with van der Waals surface area (Å²) in [5.74, 6) is 0. The predicted octanol–water partition coefficient (Wildman–Crippen LogP) is 6.46. The van der Waals surface area contributed by atoms with Crippen LogP contribution in [0.25, 0.3) is 42.1 Å². The van der Waals surface area contributed by atoms with Crippen molar-refractivity contribution in [3.63, 3.8) is 0 Å². The summed E-state index contributed by atoms with van der Waals surface area (Å²) in [4.78, 5) is 0. The minimum absolute atomic E-state index is 0.826. The van der Waals surface area contributed by atoms with Crippen molar-refractivity contribution in [2.45, 2.75) is 0 Å². The third-order valence-corrected chi connectivity index (χ3v) is 5.78. The fraction of sp³-hybridized carbons (Fsp3) is 0. The van der Waals surface area contributed by atoms with Crippen LogP contribution < -0.4 is 5.73 Å². The molecular formula is C22H15NS. The molecule has 0 amide bonds. The van der Waals surface area contributed by atoms with E-state index >= 15 is 0 Å². The maximum Gasteiger partial charge on any atom is 0.0400 e. The lowest BCUT2D eigenvalue weighted by Gasteiger charge is -2.11. The van der Waals surface area contributed by atoms with Crippen LogP contribution >= 0.6 is 11.3 Å². The zero-order chi connectivity index (χ0) is 16.1. The molecule has 4 aromatic carbocycles. The summed E-state index contributed by atoms with van der Waals surface area (Å²) in [7, 11) is 0. The molecule has 0 saturated heterocycles. The standard InChI is InChI=1S/C22H15NS/c23-19-11-9-14-5-1-2-6-16(14)22(19)15-10-12-21-18(13-15)17-7-3-4-8-20(17)24-21/h1-13H,23H2. The van der Waals surface area contributed by atoms with Crippen LogP contribution in [0.15, 0.2) is 78.9 Å². The summed E-state index contributed by atoms with van der Waals surface area (Å²) < 4.78 is 2.65. The maximum atomic E-state index is 6.35. The van der Waals surface area contributed by atoms with Crippen molar-refractivity contribution in [2.24, 2.45) is 0 Å². The zero-order valence-corrected chi connectivity index (χ0v) is 13.8. The molecule has 24 heavy (non-hydrogen) atoms. The minimum Gasteiger partial charge on any atom is -0.398 e. The Morgan fingerprint density at radius 1 is 0.625 bits per heavy atom. The number of rotatable bonds is 1. The van der Waals surface area contributed by atoms with Gasteiger partial charge in [-0.2, -0.15) is 0 Å². The van der Waals surface area contributed by atoms with Gasteiger partial charge in [-0.15, -0.1) is 11.3 Å². The Kier molecular flexibility index (Phi) is 2.88. The normalized spacial score (nSPS) is 11.5. The first-order chi connectivity index (χ1) is 11.8. The summed E-state index contributed by atoms with van der Waals surface area (Å²) in [5, 5.41) is 5.05. The number of hydrogen-bond acceptors (Lipinski definition) is 2. The van der Waals surface area contributed by atoms with Crippen molar-refractivity contribution >= 4 is 48.0 Å². The van der Waals surface area contributed by atoms with Gasteiger partial charge in [0.15, 0.2) is 0 Å². The zero-order valence-electron chi connectivity index (χ0n) is 13.0. The van der Waals surface area contributed by atoms with E-state index in [1.165, 1.54) is 36.5 Å². The van der Waals surface area contributed by atoms with E-state index in [1.54, 1.807) is 0 Å². The van der Waals surface area contributed by atoms with Crippen LogP contribution in [0.3, 0.4) is 0 Å². The minimum atomic E-state index is 0.826. The molecule has 0 radical (unpaired) electrons. The molecule has 0 saturated carbocycles. The average Bonchev–Trinajstić information content (AvgIpc) is 2.99. The van der Waals surface area contributed by atoms with Crippen LogP contribution in [0.5, 0.6) is 0 Å². The van der Waals surface area contributed by atoms with Gasteiger partial charge in [0.2, 0.25) is 0 Å². The van der Waals surface area contributed by atoms with Gasteiger partial charge in [-0.25, -0.2) is 0 Å². The van der Waals surface area contributed by atoms with E-state index in [0.717, 1.165) is 11.3 Å². The summed E-state index contributed by atoms with van der Waals surface area (Å²) in [5.41, 5.74) is 9.49. The number of anilines is 1. The topological polar surface area (TPSA) is 26.0 Å². The van der Waals surface area contributed by atoms with Crippen LogP contribution in [-0.2, 0) is 0 Å².